The molecule has 0 unspecified atom stereocenters. The summed E-state index contributed by atoms with van der Waals surface area (Å²) in [6.07, 6.45) is -0.273. The van der Waals surface area contributed by atoms with Gasteiger partial charge in [0.1, 0.15) is 6.04 Å². The molecule has 1 atom stereocenters. The van der Waals surface area contributed by atoms with Crippen LogP contribution in [0.2, 0.25) is 0 Å². The van der Waals surface area contributed by atoms with Crippen molar-refractivity contribution in [2.45, 2.75) is 18.0 Å². The number of hydrogen-bond donors (Lipinski definition) is 2. The van der Waals surface area contributed by atoms with Crippen LogP contribution in [0, 0.1) is 0 Å². The molecular formula is C24H21NO4. The van der Waals surface area contributed by atoms with E-state index in [0.29, 0.717) is 0 Å². The normalized spacial score (nSPS) is 14.5. The number of aliphatic carboxylic acids is 1. The number of ether oxygens (including phenoxy) is 1. The number of nitrogens with one attached hydrogen (secondary N) is 1. The molecule has 0 bridgehead atoms. The molecule has 146 valence electrons. The standard InChI is InChI=1S/C24H21NO4/c1-29-22(26)15-21(23(27)28)25-24(16-9-3-2-4-10-16)19-13-7-5-11-17(19)18-12-6-8-14-20(18)24/h2-14,21,25H,15H2,1H3,(H,27,28)/t21-/m1/s1. The predicted molar refractivity (Wildman–Crippen MR) is 109 cm³/mol. The zero-order valence-electron chi connectivity index (χ0n) is 16.0. The predicted octanol–water partition coefficient (Wildman–Crippen LogP) is 3.56. The number of esters is 1. The van der Waals surface area contributed by atoms with Gasteiger partial charge in [0, 0.05) is 0 Å². The third-order valence-corrected chi connectivity index (χ3v) is 5.45. The zero-order chi connectivity index (χ0) is 20.4. The van der Waals surface area contributed by atoms with Crippen molar-refractivity contribution in [2.75, 3.05) is 7.11 Å². The Morgan fingerprint density at radius 1 is 0.897 bits per heavy atom. The Morgan fingerprint density at radius 2 is 1.41 bits per heavy atom. The summed E-state index contributed by atoms with van der Waals surface area (Å²) in [6, 6.07) is 24.5. The van der Waals surface area contributed by atoms with E-state index >= 15 is 0 Å². The monoisotopic (exact) mass is 387 g/mol. The van der Waals surface area contributed by atoms with Gasteiger partial charge < -0.3 is 9.84 Å². The average Bonchev–Trinajstić information content (AvgIpc) is 3.05. The highest BCUT2D eigenvalue weighted by atomic mass is 16.5. The van der Waals surface area contributed by atoms with E-state index in [0.717, 1.165) is 27.8 Å². The summed E-state index contributed by atoms with van der Waals surface area (Å²) in [4.78, 5) is 24.0. The first-order valence-electron chi connectivity index (χ1n) is 9.40. The first-order chi connectivity index (χ1) is 14.1. The smallest absolute Gasteiger partial charge is 0.321 e. The lowest BCUT2D eigenvalue weighted by Crippen LogP contribution is -2.52. The number of fused-ring (bicyclic) bond motifs is 3. The van der Waals surface area contributed by atoms with Crippen LogP contribution in [0.15, 0.2) is 78.9 Å². The van der Waals surface area contributed by atoms with Gasteiger partial charge in [0.25, 0.3) is 0 Å². The maximum absolute atomic E-state index is 12.1. The first-order valence-corrected chi connectivity index (χ1v) is 9.40. The molecule has 29 heavy (non-hydrogen) atoms. The summed E-state index contributed by atoms with van der Waals surface area (Å²) < 4.78 is 4.73. The number of carbonyl (C=O) groups excluding carboxylic acids is 1. The van der Waals surface area contributed by atoms with E-state index in [1.54, 1.807) is 0 Å². The fraction of sp³-hybridized carbons (Fsp3) is 0.167. The van der Waals surface area contributed by atoms with Crippen molar-refractivity contribution in [3.8, 4) is 11.1 Å². The molecule has 4 rings (SSSR count). The highest BCUT2D eigenvalue weighted by Crippen LogP contribution is 2.51. The topological polar surface area (TPSA) is 75.6 Å². The van der Waals surface area contributed by atoms with E-state index in [1.165, 1.54) is 7.11 Å². The fourth-order valence-electron chi connectivity index (χ4n) is 4.18. The van der Waals surface area contributed by atoms with Crippen LogP contribution in [-0.2, 0) is 19.9 Å². The highest BCUT2D eigenvalue weighted by molar-refractivity contribution is 5.85. The molecule has 0 amide bonds. The van der Waals surface area contributed by atoms with E-state index in [9.17, 15) is 14.7 Å². The lowest BCUT2D eigenvalue weighted by atomic mass is 9.79. The van der Waals surface area contributed by atoms with Crippen molar-refractivity contribution in [1.82, 2.24) is 5.32 Å². The van der Waals surface area contributed by atoms with Gasteiger partial charge in [0.05, 0.1) is 19.1 Å². The molecule has 3 aromatic carbocycles. The molecule has 5 heteroatoms. The molecule has 0 saturated heterocycles. The number of benzene rings is 3. The van der Waals surface area contributed by atoms with Gasteiger partial charge in [-0.2, -0.15) is 0 Å². The quantitative estimate of drug-likeness (QED) is 0.633. The first kappa shape index (κ1) is 18.9. The Labute approximate surface area is 169 Å². The minimum Gasteiger partial charge on any atom is -0.480 e. The van der Waals surface area contributed by atoms with E-state index < -0.39 is 23.5 Å². The SMILES string of the molecule is COC(=O)C[C@@H](NC1(c2ccccc2)c2ccccc2-c2ccccc21)C(=O)O. The second-order valence-corrected chi connectivity index (χ2v) is 7.02. The van der Waals surface area contributed by atoms with Gasteiger partial charge in [-0.1, -0.05) is 78.9 Å². The van der Waals surface area contributed by atoms with Crippen LogP contribution in [0.5, 0.6) is 0 Å². The van der Waals surface area contributed by atoms with Crippen LogP contribution in [0.1, 0.15) is 23.1 Å². The summed E-state index contributed by atoms with van der Waals surface area (Å²) >= 11 is 0. The Morgan fingerprint density at radius 3 is 1.93 bits per heavy atom. The zero-order valence-corrected chi connectivity index (χ0v) is 16.0. The number of carbonyl (C=O) groups is 2. The molecule has 0 aliphatic heterocycles. The van der Waals surface area contributed by atoms with Gasteiger partial charge in [-0.05, 0) is 27.8 Å². The fourth-order valence-corrected chi connectivity index (χ4v) is 4.18. The van der Waals surface area contributed by atoms with Crippen LogP contribution < -0.4 is 5.32 Å². The van der Waals surface area contributed by atoms with Crippen molar-refractivity contribution >= 4 is 11.9 Å². The third-order valence-electron chi connectivity index (χ3n) is 5.45. The van der Waals surface area contributed by atoms with E-state index in [-0.39, 0.29) is 6.42 Å². The maximum atomic E-state index is 12.1. The van der Waals surface area contributed by atoms with Crippen molar-refractivity contribution in [3.63, 3.8) is 0 Å². The van der Waals surface area contributed by atoms with Gasteiger partial charge in [-0.15, -0.1) is 0 Å². The minimum atomic E-state index is -1.12. The van der Waals surface area contributed by atoms with Gasteiger partial charge in [0.2, 0.25) is 0 Å². The Hall–Kier alpha value is -3.44. The van der Waals surface area contributed by atoms with Gasteiger partial charge in [-0.25, -0.2) is 0 Å². The average molecular weight is 387 g/mol. The van der Waals surface area contributed by atoms with Crippen molar-refractivity contribution < 1.29 is 19.4 Å². The van der Waals surface area contributed by atoms with Crippen LogP contribution in [-0.4, -0.2) is 30.2 Å². The second-order valence-electron chi connectivity index (χ2n) is 7.02. The van der Waals surface area contributed by atoms with Crippen LogP contribution in [0.3, 0.4) is 0 Å². The summed E-state index contributed by atoms with van der Waals surface area (Å²) in [6.45, 7) is 0. The molecule has 0 spiro atoms. The molecule has 1 aliphatic rings. The molecule has 0 radical (unpaired) electrons. The summed E-state index contributed by atoms with van der Waals surface area (Å²) in [5, 5.41) is 13.2. The lowest BCUT2D eigenvalue weighted by molar-refractivity contribution is -0.148. The summed E-state index contributed by atoms with van der Waals surface area (Å²) in [5.74, 6) is -1.68. The molecular weight excluding hydrogens is 366 g/mol. The summed E-state index contributed by atoms with van der Waals surface area (Å²) in [7, 11) is 1.26. The Kier molecular flexibility index (Phi) is 4.91. The molecule has 0 heterocycles. The van der Waals surface area contributed by atoms with Gasteiger partial charge >= 0.3 is 11.9 Å². The molecule has 0 aromatic heterocycles. The summed E-state index contributed by atoms with van der Waals surface area (Å²) in [5.41, 5.74) is 4.02. The van der Waals surface area contributed by atoms with Gasteiger partial charge in [-0.3, -0.25) is 14.9 Å². The largest absolute Gasteiger partial charge is 0.480 e. The number of carboxylic acid groups (broad SMARTS) is 1. The second kappa shape index (κ2) is 7.53. The number of carboxylic acids is 1. The number of rotatable bonds is 6. The van der Waals surface area contributed by atoms with Crippen molar-refractivity contribution in [3.05, 3.63) is 95.6 Å². The number of hydrogen-bond acceptors (Lipinski definition) is 4. The van der Waals surface area contributed by atoms with Crippen LogP contribution >= 0.6 is 0 Å². The van der Waals surface area contributed by atoms with Crippen LogP contribution in [0.4, 0.5) is 0 Å². The Bertz CT molecular complexity index is 1020. The molecule has 0 fully saturated rings. The third kappa shape index (κ3) is 3.09. The maximum Gasteiger partial charge on any atom is 0.321 e. The Balaban J connectivity index is 1.96. The molecule has 3 aromatic rings. The van der Waals surface area contributed by atoms with Crippen molar-refractivity contribution in [1.29, 1.82) is 0 Å². The van der Waals surface area contributed by atoms with Crippen molar-refractivity contribution in [2.24, 2.45) is 0 Å². The van der Waals surface area contributed by atoms with E-state index in [2.05, 4.69) is 5.32 Å². The van der Waals surface area contributed by atoms with Gasteiger partial charge in [0.15, 0.2) is 0 Å². The lowest BCUT2D eigenvalue weighted by Gasteiger charge is -2.36. The number of methoxy groups -OCH3 is 1. The van der Waals surface area contributed by atoms with E-state index in [4.69, 9.17) is 4.74 Å². The molecule has 1 aliphatic carbocycles. The van der Waals surface area contributed by atoms with E-state index in [1.807, 2.05) is 78.9 Å². The molecule has 5 nitrogen and oxygen atoms in total. The highest BCUT2D eigenvalue weighted by Gasteiger charge is 2.46. The molecule has 0 saturated carbocycles. The molecule has 2 N–H and O–H groups in total. The minimum absolute atomic E-state index is 0.273. The van der Waals surface area contributed by atoms with Crippen LogP contribution in [0.25, 0.3) is 11.1 Å².